The van der Waals surface area contributed by atoms with Crippen LogP contribution in [-0.2, 0) is 58.6 Å². The van der Waals surface area contributed by atoms with E-state index >= 15 is 0 Å². The number of aliphatic hydroxyl groups excluding tert-OH is 4. The van der Waals surface area contributed by atoms with E-state index in [1.165, 1.54) is 0 Å². The lowest BCUT2D eigenvalue weighted by molar-refractivity contribution is -0.0503. The van der Waals surface area contributed by atoms with E-state index in [0.717, 1.165) is 34.4 Å². The standard InChI is InChI=1S/C20H27N8O24P5/c29-11-7(47-19(13(11)31)27-5-25-9-15(27)21-3-23-17(9)33)1-45-53(35,36)49-55(39,40)51-57(43,44)52-56(41,42)50-54(37,38)46-2-8-12(30)14(32)20(48-8)28-6-26-10-16(28)22-4-24-18(10)34/h3-8,11-14,19-20,29-32H,1-2H2,(H,35,36)(H,37,38)(H,39,40)(H,41,42)(H,43,44)(H,21,23,33)(H,22,24,34)/t7-,8+,11-,12+,13-,14+,19-,20+. The molecule has 13 atom stereocenters. The Labute approximate surface area is 312 Å². The van der Waals surface area contributed by atoms with E-state index in [2.05, 4.69) is 56.2 Å². The highest BCUT2D eigenvalue weighted by molar-refractivity contribution is 7.71. The molecule has 32 nitrogen and oxygen atoms in total. The van der Waals surface area contributed by atoms with Gasteiger partial charge in [-0.05, 0) is 0 Å². The summed E-state index contributed by atoms with van der Waals surface area (Å²) in [7, 11) is -31.0. The molecule has 4 aromatic heterocycles. The number of ether oxygens (including phenoxy) is 2. The molecular weight excluding hydrogens is 891 g/mol. The van der Waals surface area contributed by atoms with Gasteiger partial charge in [-0.3, -0.25) is 27.8 Å². The van der Waals surface area contributed by atoms with Crippen LogP contribution in [0.2, 0.25) is 0 Å². The van der Waals surface area contributed by atoms with Gasteiger partial charge in [-0.1, -0.05) is 0 Å². The molecule has 57 heavy (non-hydrogen) atoms. The number of fused-ring (bicyclic) bond motifs is 2. The number of aromatic amines is 2. The number of aromatic nitrogens is 8. The van der Waals surface area contributed by atoms with Crippen LogP contribution >= 0.6 is 39.1 Å². The third kappa shape index (κ3) is 9.80. The number of hydrogen-bond acceptors (Lipinski definition) is 23. The molecule has 2 saturated heterocycles. The number of H-pyrrole nitrogens is 2. The van der Waals surface area contributed by atoms with Gasteiger partial charge >= 0.3 is 39.1 Å². The van der Waals surface area contributed by atoms with Gasteiger partial charge in [-0.2, -0.15) is 17.2 Å². The Morgan fingerprint density at radius 2 is 0.895 bits per heavy atom. The van der Waals surface area contributed by atoms with Gasteiger partial charge in [0.25, 0.3) is 11.1 Å². The van der Waals surface area contributed by atoms with Gasteiger partial charge in [-0.25, -0.2) is 42.8 Å². The molecular formula is C20H27N8O24P5. The Hall–Kier alpha value is -2.83. The fourth-order valence-electron chi connectivity index (χ4n) is 5.24. The van der Waals surface area contributed by atoms with Gasteiger partial charge in [0.05, 0.1) is 38.5 Å². The summed E-state index contributed by atoms with van der Waals surface area (Å²) in [4.78, 5) is 92.9. The molecule has 2 aliphatic rings. The molecule has 0 aromatic carbocycles. The van der Waals surface area contributed by atoms with Gasteiger partial charge in [-0.15, -0.1) is 0 Å². The van der Waals surface area contributed by atoms with E-state index in [-0.39, 0.29) is 22.3 Å². The molecule has 5 unspecified atom stereocenters. The van der Waals surface area contributed by atoms with Gasteiger partial charge in [0, 0.05) is 0 Å². The molecule has 0 amide bonds. The average molecular weight is 918 g/mol. The summed E-state index contributed by atoms with van der Waals surface area (Å²) in [6.07, 6.45) is -9.81. The molecule has 6 heterocycles. The van der Waals surface area contributed by atoms with Gasteiger partial charge in [0.2, 0.25) is 0 Å². The lowest BCUT2D eigenvalue weighted by Crippen LogP contribution is -2.33. The average Bonchev–Trinajstić information content (AvgIpc) is 3.83. The van der Waals surface area contributed by atoms with E-state index in [9.17, 15) is 77.3 Å². The summed E-state index contributed by atoms with van der Waals surface area (Å²) in [5.41, 5.74) is -1.92. The maximum atomic E-state index is 12.4. The monoisotopic (exact) mass is 918 g/mol. The molecule has 6 rings (SSSR count). The maximum absolute atomic E-state index is 12.4. The van der Waals surface area contributed by atoms with E-state index < -0.39 is 113 Å². The smallest absolute Gasteiger partial charge is 0.387 e. The molecule has 2 aliphatic heterocycles. The van der Waals surface area contributed by atoms with Gasteiger partial charge < -0.3 is 64.3 Å². The summed E-state index contributed by atoms with van der Waals surface area (Å²) in [5, 5.41) is 41.6. The van der Waals surface area contributed by atoms with Gasteiger partial charge in [0.1, 0.15) is 36.6 Å². The summed E-state index contributed by atoms with van der Waals surface area (Å²) in [5.74, 6) is 0. The van der Waals surface area contributed by atoms with Crippen molar-refractivity contribution in [3.05, 3.63) is 46.0 Å². The lowest BCUT2D eigenvalue weighted by Gasteiger charge is -2.21. The predicted molar refractivity (Wildman–Crippen MR) is 174 cm³/mol. The second-order valence-electron chi connectivity index (χ2n) is 11.5. The van der Waals surface area contributed by atoms with Crippen LogP contribution in [0, 0.1) is 0 Å². The molecule has 0 spiro atoms. The first-order valence-electron chi connectivity index (χ1n) is 15.0. The molecule has 2 fully saturated rings. The number of nitrogens with one attached hydrogen (secondary N) is 2. The van der Waals surface area contributed by atoms with Crippen molar-refractivity contribution >= 4 is 61.4 Å². The number of aliphatic hydroxyl groups is 4. The SMILES string of the molecule is O=c1[nH]cnc2c1ncn2[C@@H]1O[C@H](COP(=O)(O)OP(=O)(O)OP(=O)(O)OP(=O)(O)OP(=O)(O)OC[C@@H]2O[C@H](n3cnc4c(=O)[nH]cnc43)[C@@H](O)[C@H]2O)[C@@H](O)[C@H]1O. The zero-order chi connectivity index (χ0) is 41.9. The second-order valence-corrected chi connectivity index (χ2v) is 19.3. The van der Waals surface area contributed by atoms with Crippen LogP contribution < -0.4 is 11.1 Å². The Bertz CT molecular complexity index is 2340. The van der Waals surface area contributed by atoms with Crippen LogP contribution in [0.25, 0.3) is 22.3 Å². The van der Waals surface area contributed by atoms with Crippen LogP contribution in [-0.4, -0.2) is 134 Å². The topological polar surface area (TPSA) is 468 Å². The minimum Gasteiger partial charge on any atom is -0.387 e. The van der Waals surface area contributed by atoms with Crippen LogP contribution in [0.3, 0.4) is 0 Å². The Balaban J connectivity index is 1.00. The number of phosphoric ester groups is 2. The minimum atomic E-state index is -6.47. The fourth-order valence-corrected chi connectivity index (χ4v) is 11.6. The number of nitrogens with zero attached hydrogens (tertiary/aromatic N) is 6. The van der Waals surface area contributed by atoms with Crippen LogP contribution in [0.4, 0.5) is 0 Å². The molecule has 0 saturated carbocycles. The summed E-state index contributed by atoms with van der Waals surface area (Å²) in [6, 6.07) is 0. The van der Waals surface area contributed by atoms with E-state index in [1.54, 1.807) is 0 Å². The normalized spacial score (nSPS) is 30.8. The molecule has 0 aliphatic carbocycles. The third-order valence-electron chi connectivity index (χ3n) is 7.58. The van der Waals surface area contributed by atoms with Crippen molar-refractivity contribution < 1.29 is 103 Å². The van der Waals surface area contributed by atoms with Crippen LogP contribution in [0.1, 0.15) is 12.5 Å². The molecule has 37 heteroatoms. The highest BCUT2D eigenvalue weighted by atomic mass is 31.3. The van der Waals surface area contributed by atoms with Crippen molar-refractivity contribution in [3.8, 4) is 0 Å². The molecule has 316 valence electrons. The minimum absolute atomic E-state index is 0.110. The third-order valence-corrected chi connectivity index (χ3v) is 15.1. The Kier molecular flexibility index (Phi) is 12.3. The van der Waals surface area contributed by atoms with Crippen molar-refractivity contribution in [3.63, 3.8) is 0 Å². The highest BCUT2D eigenvalue weighted by Gasteiger charge is 2.51. The Morgan fingerprint density at radius 3 is 1.25 bits per heavy atom. The summed E-state index contributed by atoms with van der Waals surface area (Å²) >= 11 is 0. The Morgan fingerprint density at radius 1 is 0.561 bits per heavy atom. The quantitative estimate of drug-likeness (QED) is 0.0502. The van der Waals surface area contributed by atoms with Crippen molar-refractivity contribution in [2.45, 2.75) is 49.1 Å². The molecule has 11 N–H and O–H groups in total. The predicted octanol–water partition coefficient (Wildman–Crippen LogP) is -2.91. The van der Waals surface area contributed by atoms with Crippen molar-refractivity contribution in [2.75, 3.05) is 13.2 Å². The van der Waals surface area contributed by atoms with E-state index in [1.807, 2.05) is 0 Å². The van der Waals surface area contributed by atoms with Crippen LogP contribution in [0.15, 0.2) is 34.9 Å². The first-order chi connectivity index (χ1) is 26.4. The van der Waals surface area contributed by atoms with E-state index in [0.29, 0.717) is 0 Å². The lowest BCUT2D eigenvalue weighted by atomic mass is 10.1. The zero-order valence-electron chi connectivity index (χ0n) is 27.4. The first kappa shape index (κ1) is 43.7. The van der Waals surface area contributed by atoms with Crippen molar-refractivity contribution in [1.29, 1.82) is 0 Å². The number of hydrogen-bond donors (Lipinski definition) is 11. The molecule has 0 radical (unpaired) electrons. The van der Waals surface area contributed by atoms with Crippen molar-refractivity contribution in [2.24, 2.45) is 0 Å². The first-order valence-corrected chi connectivity index (χ1v) is 22.5. The number of phosphoric acid groups is 5. The van der Waals surface area contributed by atoms with Crippen LogP contribution in [0.5, 0.6) is 0 Å². The van der Waals surface area contributed by atoms with Gasteiger partial charge in [0.15, 0.2) is 34.8 Å². The largest absolute Gasteiger partial charge is 0.490 e. The maximum Gasteiger partial charge on any atom is 0.490 e. The summed E-state index contributed by atoms with van der Waals surface area (Å²) in [6.45, 7) is -2.41. The molecule has 0 bridgehead atoms. The number of imidazole rings is 2. The number of rotatable bonds is 16. The zero-order valence-corrected chi connectivity index (χ0v) is 31.9. The fraction of sp³-hybridized carbons (Fsp3) is 0.500. The summed E-state index contributed by atoms with van der Waals surface area (Å²) < 4.78 is 98.3. The molecule has 4 aromatic rings. The second kappa shape index (κ2) is 16.0. The van der Waals surface area contributed by atoms with Crippen molar-refractivity contribution in [1.82, 2.24) is 39.0 Å². The highest BCUT2D eigenvalue weighted by Crippen LogP contribution is 2.73. The van der Waals surface area contributed by atoms with E-state index in [4.69, 9.17) is 9.47 Å².